The van der Waals surface area contributed by atoms with Crippen molar-refractivity contribution in [1.82, 2.24) is 5.09 Å². The van der Waals surface area contributed by atoms with E-state index in [0.29, 0.717) is 0 Å². The number of rotatable bonds is 6. The fourth-order valence-corrected chi connectivity index (χ4v) is 1.83. The van der Waals surface area contributed by atoms with Gasteiger partial charge < -0.3 is 19.6 Å². The third-order valence-electron chi connectivity index (χ3n) is 1.13. The van der Waals surface area contributed by atoms with Crippen LogP contribution in [0.4, 0.5) is 0 Å². The molecule has 0 bridgehead atoms. The van der Waals surface area contributed by atoms with E-state index < -0.39 is 32.3 Å². The van der Waals surface area contributed by atoms with Crippen LogP contribution in [0.2, 0.25) is 0 Å². The molecule has 0 saturated heterocycles. The molecular weight excluding hydrogens is 297 g/mol. The molecule has 0 amide bonds. The Labute approximate surface area is 93.0 Å². The average molecular weight is 306 g/mol. The number of nitrogens with one attached hydrogen (secondary N) is 1. The van der Waals surface area contributed by atoms with Gasteiger partial charge in [0, 0.05) is 0 Å². The van der Waals surface area contributed by atoms with Crippen molar-refractivity contribution in [2.45, 2.75) is 6.04 Å². The van der Waals surface area contributed by atoms with Crippen molar-refractivity contribution in [1.29, 1.82) is 0 Å². The molecule has 0 aliphatic rings. The summed E-state index contributed by atoms with van der Waals surface area (Å²) in [5.41, 5.74) is 0. The fraction of sp³-hybridized carbons (Fsp3) is 0.600. The zero-order chi connectivity index (χ0) is 12.1. The molecule has 0 aromatic rings. The highest BCUT2D eigenvalue weighted by Gasteiger charge is 2.30. The topological polar surface area (TPSA) is 133 Å². The molecule has 0 aliphatic carbocycles. The summed E-state index contributed by atoms with van der Waals surface area (Å²) >= 11 is 2.68. The second-order valence-electron chi connectivity index (χ2n) is 2.32. The molecule has 0 aliphatic heterocycles. The van der Waals surface area contributed by atoms with Gasteiger partial charge in [0.25, 0.3) is 0 Å². The molecule has 0 radical (unpaired) electrons. The van der Waals surface area contributed by atoms with E-state index in [2.05, 4.69) is 20.5 Å². The van der Waals surface area contributed by atoms with Crippen molar-refractivity contribution in [3.05, 3.63) is 0 Å². The van der Waals surface area contributed by atoms with Crippen molar-refractivity contribution in [2.75, 3.05) is 11.9 Å². The molecule has 2 atom stereocenters. The molecule has 15 heavy (non-hydrogen) atoms. The summed E-state index contributed by atoms with van der Waals surface area (Å²) in [6.45, 7) is -0.911. The van der Waals surface area contributed by atoms with E-state index in [1.807, 2.05) is 0 Å². The minimum absolute atomic E-state index is 0.309. The number of carboxylic acid groups (broad SMARTS) is 1. The molecule has 0 saturated carbocycles. The Morgan fingerprint density at radius 3 is 2.40 bits per heavy atom. The lowest BCUT2D eigenvalue weighted by Crippen LogP contribution is -2.38. The summed E-state index contributed by atoms with van der Waals surface area (Å²) < 4.78 is 15.1. The fourth-order valence-electron chi connectivity index (χ4n) is 0.560. The standard InChI is InChI=1S/C5H9BrNO7P/c6-1-4(9)14-15(12,13)7-3(2-8)5(10)11/h3,8H,1-2H2,(H,10,11)(H2,7,12,13)/t3-/m0/s1. The van der Waals surface area contributed by atoms with Crippen LogP contribution in [0.3, 0.4) is 0 Å². The Morgan fingerprint density at radius 1 is 1.53 bits per heavy atom. The Kier molecular flexibility index (Phi) is 5.99. The van der Waals surface area contributed by atoms with E-state index >= 15 is 0 Å². The van der Waals surface area contributed by atoms with Crippen LogP contribution in [0.5, 0.6) is 0 Å². The average Bonchev–Trinajstić information content (AvgIpc) is 2.13. The maximum Gasteiger partial charge on any atom is 0.459 e. The zero-order valence-corrected chi connectivity index (χ0v) is 9.77. The molecule has 0 fully saturated rings. The van der Waals surface area contributed by atoms with E-state index in [-0.39, 0.29) is 5.33 Å². The first-order chi connectivity index (χ1) is 6.82. The van der Waals surface area contributed by atoms with Gasteiger partial charge in [-0.1, -0.05) is 15.9 Å². The largest absolute Gasteiger partial charge is 0.480 e. The Morgan fingerprint density at radius 2 is 2.07 bits per heavy atom. The Bertz CT molecular complexity index is 295. The van der Waals surface area contributed by atoms with Crippen molar-refractivity contribution in [2.24, 2.45) is 0 Å². The molecule has 0 aromatic carbocycles. The lowest BCUT2D eigenvalue weighted by Gasteiger charge is -2.16. The molecule has 1 unspecified atom stereocenters. The number of carbonyl (C=O) groups excluding carboxylic acids is 1. The number of aliphatic hydroxyl groups excluding tert-OH is 1. The number of hydrogen-bond donors (Lipinski definition) is 4. The van der Waals surface area contributed by atoms with Gasteiger partial charge in [-0.05, 0) is 0 Å². The van der Waals surface area contributed by atoms with Gasteiger partial charge in [0.1, 0.15) is 11.4 Å². The minimum Gasteiger partial charge on any atom is -0.480 e. The first-order valence-corrected chi connectivity index (χ1v) is 6.25. The van der Waals surface area contributed by atoms with Crippen molar-refractivity contribution < 1.29 is 33.8 Å². The first-order valence-electron chi connectivity index (χ1n) is 3.55. The maximum absolute atomic E-state index is 11.1. The molecule has 88 valence electrons. The number of carbonyl (C=O) groups is 2. The second kappa shape index (κ2) is 6.19. The molecular formula is C5H9BrNO7P. The summed E-state index contributed by atoms with van der Waals surface area (Å²) in [6.07, 6.45) is 0. The summed E-state index contributed by atoms with van der Waals surface area (Å²) in [4.78, 5) is 29.9. The van der Waals surface area contributed by atoms with Crippen molar-refractivity contribution in [3.8, 4) is 0 Å². The SMILES string of the molecule is O=C(CBr)OP(=O)(O)N[C@@H](CO)C(=O)O. The van der Waals surface area contributed by atoms with Gasteiger partial charge in [0.2, 0.25) is 0 Å². The van der Waals surface area contributed by atoms with Crippen molar-refractivity contribution >= 4 is 35.6 Å². The molecule has 0 spiro atoms. The number of carboxylic acids is 1. The molecule has 4 N–H and O–H groups in total. The molecule has 0 heterocycles. The summed E-state index contributed by atoms with van der Waals surface area (Å²) in [7, 11) is -4.56. The van der Waals surface area contributed by atoms with Crippen LogP contribution >= 0.6 is 23.7 Å². The summed E-state index contributed by atoms with van der Waals surface area (Å²) in [6, 6.07) is -1.68. The summed E-state index contributed by atoms with van der Waals surface area (Å²) in [5, 5.41) is 18.2. The minimum atomic E-state index is -4.56. The van der Waals surface area contributed by atoms with Gasteiger partial charge in [-0.3, -0.25) is 9.59 Å². The van der Waals surface area contributed by atoms with Gasteiger partial charge in [-0.2, -0.15) is 5.09 Å². The quantitative estimate of drug-likeness (QED) is 0.365. The van der Waals surface area contributed by atoms with Crippen LogP contribution in [0, 0.1) is 0 Å². The van der Waals surface area contributed by atoms with E-state index in [1.54, 1.807) is 5.09 Å². The maximum atomic E-state index is 11.1. The van der Waals surface area contributed by atoms with Gasteiger partial charge in [-0.25, -0.2) is 4.57 Å². The summed E-state index contributed by atoms with van der Waals surface area (Å²) in [5.74, 6) is -2.57. The number of hydrogen-bond acceptors (Lipinski definition) is 5. The third-order valence-corrected chi connectivity index (χ3v) is 2.68. The first kappa shape index (κ1) is 14.5. The molecule has 8 nitrogen and oxygen atoms in total. The molecule has 0 aromatic heterocycles. The van der Waals surface area contributed by atoms with Crippen LogP contribution in [0.15, 0.2) is 0 Å². The van der Waals surface area contributed by atoms with E-state index in [9.17, 15) is 14.2 Å². The predicted octanol–water partition coefficient (Wildman–Crippen LogP) is -0.940. The second-order valence-corrected chi connectivity index (χ2v) is 4.36. The van der Waals surface area contributed by atoms with Gasteiger partial charge in [0.15, 0.2) is 0 Å². The van der Waals surface area contributed by atoms with E-state index in [0.717, 1.165) is 0 Å². The molecule has 0 rings (SSSR count). The number of halogens is 1. The van der Waals surface area contributed by atoms with Crippen LogP contribution in [-0.4, -0.2) is 45.0 Å². The van der Waals surface area contributed by atoms with Gasteiger partial charge in [0.05, 0.1) is 6.61 Å². The van der Waals surface area contributed by atoms with Crippen LogP contribution in [0.1, 0.15) is 0 Å². The van der Waals surface area contributed by atoms with Crippen LogP contribution in [-0.2, 0) is 18.7 Å². The number of aliphatic carboxylic acids is 1. The molecule has 10 heteroatoms. The zero-order valence-electron chi connectivity index (χ0n) is 7.29. The number of aliphatic hydroxyl groups is 1. The van der Waals surface area contributed by atoms with E-state index in [1.165, 1.54) is 0 Å². The normalized spacial score (nSPS) is 16.5. The predicted molar refractivity (Wildman–Crippen MR) is 51.4 cm³/mol. The highest BCUT2D eigenvalue weighted by molar-refractivity contribution is 9.09. The third kappa shape index (κ3) is 5.85. The van der Waals surface area contributed by atoms with Crippen molar-refractivity contribution in [3.63, 3.8) is 0 Å². The van der Waals surface area contributed by atoms with Crippen LogP contribution < -0.4 is 5.09 Å². The lowest BCUT2D eigenvalue weighted by molar-refractivity contribution is -0.140. The van der Waals surface area contributed by atoms with Crippen LogP contribution in [0.25, 0.3) is 0 Å². The van der Waals surface area contributed by atoms with Gasteiger partial charge in [-0.15, -0.1) is 0 Å². The van der Waals surface area contributed by atoms with E-state index in [4.69, 9.17) is 15.1 Å². The highest BCUT2D eigenvalue weighted by atomic mass is 79.9. The Balaban J connectivity index is 4.41. The Hall–Kier alpha value is -0.470. The highest BCUT2D eigenvalue weighted by Crippen LogP contribution is 2.37. The van der Waals surface area contributed by atoms with Gasteiger partial charge >= 0.3 is 19.7 Å². The lowest BCUT2D eigenvalue weighted by atomic mass is 10.3. The number of alkyl halides is 1. The smallest absolute Gasteiger partial charge is 0.459 e. The monoisotopic (exact) mass is 305 g/mol.